The first-order valence-corrected chi connectivity index (χ1v) is 5.75. The molecule has 1 heterocycles. The maximum Gasteiger partial charge on any atom is 0.126 e. The highest BCUT2D eigenvalue weighted by atomic mass is 16.5. The fraction of sp³-hybridized carbons (Fsp3) is 0.429. The summed E-state index contributed by atoms with van der Waals surface area (Å²) < 4.78 is 11.0. The van der Waals surface area contributed by atoms with E-state index in [2.05, 4.69) is 19.1 Å². The van der Waals surface area contributed by atoms with Gasteiger partial charge in [0.2, 0.25) is 0 Å². The van der Waals surface area contributed by atoms with Gasteiger partial charge in [-0.15, -0.1) is 0 Å². The summed E-state index contributed by atoms with van der Waals surface area (Å²) in [6, 6.07) is 4.36. The number of ether oxygens (including phenoxy) is 2. The number of allylic oxidation sites excluding steroid dienone is 1. The van der Waals surface area contributed by atoms with Crippen molar-refractivity contribution in [1.29, 1.82) is 0 Å². The van der Waals surface area contributed by atoms with Gasteiger partial charge >= 0.3 is 0 Å². The lowest BCUT2D eigenvalue weighted by atomic mass is 9.99. The minimum absolute atomic E-state index is 0.658. The fourth-order valence-electron chi connectivity index (χ4n) is 2.07. The molecule has 2 nitrogen and oxygen atoms in total. The number of hydrogen-bond acceptors (Lipinski definition) is 2. The zero-order chi connectivity index (χ0) is 11.5. The Morgan fingerprint density at radius 1 is 1.38 bits per heavy atom. The van der Waals surface area contributed by atoms with E-state index in [0.29, 0.717) is 6.61 Å². The van der Waals surface area contributed by atoms with Crippen molar-refractivity contribution in [1.82, 2.24) is 0 Å². The van der Waals surface area contributed by atoms with Crippen molar-refractivity contribution in [2.24, 2.45) is 0 Å². The maximum absolute atomic E-state index is 5.54. The predicted octanol–water partition coefficient (Wildman–Crippen LogP) is 3.54. The predicted molar refractivity (Wildman–Crippen MR) is 65.4 cm³/mol. The molecule has 1 aromatic carbocycles. The molecule has 16 heavy (non-hydrogen) atoms. The van der Waals surface area contributed by atoms with Gasteiger partial charge in [-0.25, -0.2) is 0 Å². The standard InChI is InChI=1S/C14H18O2/c1-4-5-11-7-12-9-16-10(2)6-13(12)14(8-11)15-3/h6-8H,4-5,9H2,1-3H3. The van der Waals surface area contributed by atoms with Crippen LogP contribution in [-0.2, 0) is 17.8 Å². The van der Waals surface area contributed by atoms with E-state index in [0.717, 1.165) is 24.4 Å². The molecule has 1 aromatic rings. The van der Waals surface area contributed by atoms with Crippen LogP contribution in [0.3, 0.4) is 0 Å². The van der Waals surface area contributed by atoms with Crippen LogP contribution in [0.4, 0.5) is 0 Å². The molecule has 0 spiro atoms. The van der Waals surface area contributed by atoms with Gasteiger partial charge in [0.05, 0.1) is 12.9 Å². The minimum atomic E-state index is 0.658. The second kappa shape index (κ2) is 4.60. The van der Waals surface area contributed by atoms with Crippen LogP contribution in [0.1, 0.15) is 37.0 Å². The summed E-state index contributed by atoms with van der Waals surface area (Å²) in [6.45, 7) is 4.82. The van der Waals surface area contributed by atoms with Crippen molar-refractivity contribution in [3.05, 3.63) is 34.6 Å². The Kier molecular flexibility index (Phi) is 3.18. The molecule has 1 aliphatic rings. The van der Waals surface area contributed by atoms with E-state index >= 15 is 0 Å². The molecule has 0 saturated heterocycles. The van der Waals surface area contributed by atoms with Crippen molar-refractivity contribution in [3.63, 3.8) is 0 Å². The molecule has 0 aromatic heterocycles. The van der Waals surface area contributed by atoms with Crippen molar-refractivity contribution >= 4 is 6.08 Å². The van der Waals surface area contributed by atoms with Gasteiger partial charge < -0.3 is 9.47 Å². The highest BCUT2D eigenvalue weighted by molar-refractivity contribution is 5.64. The Bertz CT molecular complexity index is 419. The largest absolute Gasteiger partial charge is 0.496 e. The van der Waals surface area contributed by atoms with Crippen molar-refractivity contribution in [2.75, 3.05) is 7.11 Å². The van der Waals surface area contributed by atoms with Crippen LogP contribution in [0, 0.1) is 0 Å². The molecular weight excluding hydrogens is 200 g/mol. The Morgan fingerprint density at radius 2 is 2.19 bits per heavy atom. The van der Waals surface area contributed by atoms with E-state index in [1.807, 2.05) is 13.0 Å². The lowest BCUT2D eigenvalue weighted by Gasteiger charge is -2.19. The Morgan fingerprint density at radius 3 is 2.88 bits per heavy atom. The lowest BCUT2D eigenvalue weighted by molar-refractivity contribution is 0.198. The molecule has 0 amide bonds. The van der Waals surface area contributed by atoms with Crippen LogP contribution in [0.25, 0.3) is 6.08 Å². The van der Waals surface area contributed by atoms with Gasteiger partial charge in [-0.1, -0.05) is 19.4 Å². The molecule has 0 unspecified atom stereocenters. The molecule has 0 saturated carbocycles. The number of benzene rings is 1. The third kappa shape index (κ3) is 2.06. The highest BCUT2D eigenvalue weighted by Gasteiger charge is 2.14. The molecule has 0 bridgehead atoms. The van der Waals surface area contributed by atoms with Gasteiger partial charge in [-0.05, 0) is 31.1 Å². The number of hydrogen-bond donors (Lipinski definition) is 0. The fourth-order valence-corrected chi connectivity index (χ4v) is 2.07. The molecular formula is C14H18O2. The zero-order valence-electron chi connectivity index (χ0n) is 10.2. The molecule has 86 valence electrons. The van der Waals surface area contributed by atoms with Gasteiger partial charge in [0.25, 0.3) is 0 Å². The summed E-state index contributed by atoms with van der Waals surface area (Å²) in [4.78, 5) is 0. The average molecular weight is 218 g/mol. The van der Waals surface area contributed by atoms with Gasteiger partial charge in [0, 0.05) is 11.1 Å². The first kappa shape index (κ1) is 11.1. The quantitative estimate of drug-likeness (QED) is 0.772. The summed E-state index contributed by atoms with van der Waals surface area (Å²) in [5.74, 6) is 1.91. The topological polar surface area (TPSA) is 18.5 Å². The van der Waals surface area contributed by atoms with E-state index in [4.69, 9.17) is 9.47 Å². The monoisotopic (exact) mass is 218 g/mol. The van der Waals surface area contributed by atoms with Gasteiger partial charge in [0.15, 0.2) is 0 Å². The molecule has 0 atom stereocenters. The smallest absolute Gasteiger partial charge is 0.126 e. The first-order chi connectivity index (χ1) is 7.74. The maximum atomic E-state index is 5.54. The summed E-state index contributed by atoms with van der Waals surface area (Å²) in [5.41, 5.74) is 3.73. The number of rotatable bonds is 3. The molecule has 1 aliphatic heterocycles. The Hall–Kier alpha value is -1.44. The van der Waals surface area contributed by atoms with E-state index in [1.165, 1.54) is 16.7 Å². The Labute approximate surface area is 96.9 Å². The SMILES string of the molecule is CCCc1cc2c(c(OC)c1)C=C(C)OC2. The second-order valence-corrected chi connectivity index (χ2v) is 4.16. The van der Waals surface area contributed by atoms with E-state index < -0.39 is 0 Å². The van der Waals surface area contributed by atoms with E-state index in [1.54, 1.807) is 7.11 Å². The molecule has 0 radical (unpaired) electrons. The lowest BCUT2D eigenvalue weighted by Crippen LogP contribution is -2.04. The normalized spacial score (nSPS) is 13.8. The average Bonchev–Trinajstić information content (AvgIpc) is 2.29. The van der Waals surface area contributed by atoms with Crippen molar-refractivity contribution in [3.8, 4) is 5.75 Å². The van der Waals surface area contributed by atoms with Crippen LogP contribution in [0.5, 0.6) is 5.75 Å². The third-order valence-corrected chi connectivity index (χ3v) is 2.85. The van der Waals surface area contributed by atoms with Gasteiger partial charge in [-0.3, -0.25) is 0 Å². The van der Waals surface area contributed by atoms with E-state index in [9.17, 15) is 0 Å². The Balaban J connectivity index is 2.47. The van der Waals surface area contributed by atoms with E-state index in [-0.39, 0.29) is 0 Å². The summed E-state index contributed by atoms with van der Waals surface area (Å²) in [6.07, 6.45) is 4.29. The highest BCUT2D eigenvalue weighted by Crippen LogP contribution is 2.31. The zero-order valence-corrected chi connectivity index (χ0v) is 10.2. The number of fused-ring (bicyclic) bond motifs is 1. The second-order valence-electron chi connectivity index (χ2n) is 4.16. The molecule has 0 fully saturated rings. The number of methoxy groups -OCH3 is 1. The third-order valence-electron chi connectivity index (χ3n) is 2.85. The van der Waals surface area contributed by atoms with Crippen molar-refractivity contribution in [2.45, 2.75) is 33.3 Å². The molecule has 0 aliphatic carbocycles. The van der Waals surface area contributed by atoms with Gasteiger partial charge in [-0.2, -0.15) is 0 Å². The van der Waals surface area contributed by atoms with Crippen molar-refractivity contribution < 1.29 is 9.47 Å². The van der Waals surface area contributed by atoms with Crippen LogP contribution in [0.2, 0.25) is 0 Å². The first-order valence-electron chi connectivity index (χ1n) is 5.75. The minimum Gasteiger partial charge on any atom is -0.496 e. The van der Waals surface area contributed by atoms with Crippen LogP contribution < -0.4 is 4.74 Å². The summed E-state index contributed by atoms with van der Waals surface area (Å²) >= 11 is 0. The van der Waals surface area contributed by atoms with Crippen LogP contribution in [0.15, 0.2) is 17.9 Å². The molecule has 0 N–H and O–H groups in total. The van der Waals surface area contributed by atoms with Gasteiger partial charge in [0.1, 0.15) is 12.4 Å². The van der Waals surface area contributed by atoms with Crippen LogP contribution in [-0.4, -0.2) is 7.11 Å². The summed E-state index contributed by atoms with van der Waals surface area (Å²) in [7, 11) is 1.73. The molecule has 2 rings (SSSR count). The summed E-state index contributed by atoms with van der Waals surface area (Å²) in [5, 5.41) is 0. The molecule has 2 heteroatoms. The van der Waals surface area contributed by atoms with Crippen LogP contribution >= 0.6 is 0 Å². The number of aryl methyl sites for hydroxylation is 1.